The van der Waals surface area contributed by atoms with Crippen LogP contribution < -0.4 is 10.6 Å². The van der Waals surface area contributed by atoms with Crippen LogP contribution in [-0.2, 0) is 6.54 Å². The first-order chi connectivity index (χ1) is 16.6. The summed E-state index contributed by atoms with van der Waals surface area (Å²) in [5, 5.41) is 20.8. The number of carbonyl (C=O) groups excluding carboxylic acids is 2. The van der Waals surface area contributed by atoms with E-state index in [0.29, 0.717) is 29.1 Å². The second-order valence-corrected chi connectivity index (χ2v) is 8.21. The predicted molar refractivity (Wildman–Crippen MR) is 128 cm³/mol. The van der Waals surface area contributed by atoms with E-state index in [1.54, 1.807) is 36.7 Å². The maximum absolute atomic E-state index is 12.9. The third-order valence-electron chi connectivity index (χ3n) is 5.69. The minimum atomic E-state index is -0.308. The largest absolute Gasteiger partial charge is 0.507 e. The number of aromatic nitrogens is 3. The van der Waals surface area contributed by atoms with Crippen LogP contribution in [0, 0.1) is 0 Å². The minimum absolute atomic E-state index is 0.0378. The second-order valence-electron chi connectivity index (χ2n) is 8.21. The number of hydrogen-bond acceptors (Lipinski definition) is 5. The number of amides is 2. The summed E-state index contributed by atoms with van der Waals surface area (Å²) in [6, 6.07) is 19.3. The Morgan fingerprint density at radius 2 is 1.76 bits per heavy atom. The molecule has 1 saturated carbocycles. The van der Waals surface area contributed by atoms with E-state index in [9.17, 15) is 14.7 Å². The van der Waals surface area contributed by atoms with Gasteiger partial charge >= 0.3 is 6.03 Å². The average Bonchev–Trinajstić information content (AvgIpc) is 3.62. The number of rotatable bonds is 6. The molecule has 0 radical (unpaired) electrons. The van der Waals surface area contributed by atoms with Gasteiger partial charge in [0.05, 0.1) is 11.4 Å². The Hall–Kier alpha value is -4.46. The summed E-state index contributed by atoms with van der Waals surface area (Å²) < 4.78 is 1.40. The van der Waals surface area contributed by atoms with Gasteiger partial charge in [0.25, 0.3) is 5.91 Å². The quantitative estimate of drug-likeness (QED) is 0.397. The summed E-state index contributed by atoms with van der Waals surface area (Å²) >= 11 is 0. The van der Waals surface area contributed by atoms with E-state index in [2.05, 4.69) is 20.7 Å². The lowest BCUT2D eigenvalue weighted by molar-refractivity contribution is 0.102. The fourth-order valence-corrected chi connectivity index (χ4v) is 3.74. The summed E-state index contributed by atoms with van der Waals surface area (Å²) in [7, 11) is 0. The number of pyridine rings is 1. The van der Waals surface area contributed by atoms with E-state index in [1.807, 2.05) is 36.4 Å². The lowest BCUT2D eigenvalue weighted by atomic mass is 10.1. The molecule has 1 aliphatic carbocycles. The summed E-state index contributed by atoms with van der Waals surface area (Å²) in [6.07, 6.45) is 5.09. The van der Waals surface area contributed by atoms with Gasteiger partial charge in [-0.25, -0.2) is 4.79 Å². The van der Waals surface area contributed by atoms with Crippen molar-refractivity contribution in [1.82, 2.24) is 20.1 Å². The van der Waals surface area contributed by atoms with Gasteiger partial charge in [0.1, 0.15) is 5.75 Å². The summed E-state index contributed by atoms with van der Waals surface area (Å²) in [5.74, 6) is -0.0565. The highest BCUT2D eigenvalue weighted by molar-refractivity contribution is 6.04. The van der Waals surface area contributed by atoms with Gasteiger partial charge in [-0.3, -0.25) is 9.78 Å². The molecule has 0 aliphatic heterocycles. The standard InChI is InChI=1S/C26H23N5O3/c32-24-14-20(29-25(33)19-10-12-27-13-11-19)8-9-21(24)22-15-23(18-6-7-18)31(30-22)26(34)28-16-17-4-2-1-3-5-17/h1-5,8-15,18,32H,6-7,16H2,(H,28,34)(H,29,33). The molecule has 0 saturated heterocycles. The molecular formula is C26H23N5O3. The van der Waals surface area contributed by atoms with Crippen LogP contribution in [0.5, 0.6) is 5.75 Å². The maximum Gasteiger partial charge on any atom is 0.342 e. The van der Waals surface area contributed by atoms with Gasteiger partial charge in [0.15, 0.2) is 0 Å². The van der Waals surface area contributed by atoms with E-state index < -0.39 is 0 Å². The van der Waals surface area contributed by atoms with Crippen LogP contribution in [0.25, 0.3) is 11.3 Å². The van der Waals surface area contributed by atoms with E-state index in [4.69, 9.17) is 0 Å². The fraction of sp³-hybridized carbons (Fsp3) is 0.154. The zero-order valence-electron chi connectivity index (χ0n) is 18.3. The third kappa shape index (κ3) is 4.66. The SMILES string of the molecule is O=C(Nc1ccc(-c2cc(C3CC3)n(C(=O)NCc3ccccc3)n2)c(O)c1)c1ccncc1. The first kappa shape index (κ1) is 21.4. The number of nitrogens with zero attached hydrogens (tertiary/aromatic N) is 3. The lowest BCUT2D eigenvalue weighted by Gasteiger charge is -2.08. The molecular weight excluding hydrogens is 430 g/mol. The van der Waals surface area contributed by atoms with Crippen molar-refractivity contribution in [3.05, 3.63) is 95.9 Å². The second kappa shape index (κ2) is 9.19. The summed E-state index contributed by atoms with van der Waals surface area (Å²) in [4.78, 5) is 29.2. The molecule has 5 rings (SSSR count). The van der Waals surface area contributed by atoms with Crippen LogP contribution >= 0.6 is 0 Å². The van der Waals surface area contributed by atoms with Crippen LogP contribution in [-0.4, -0.2) is 31.8 Å². The molecule has 3 N–H and O–H groups in total. The Morgan fingerprint density at radius 1 is 1.00 bits per heavy atom. The van der Waals surface area contributed by atoms with E-state index >= 15 is 0 Å². The molecule has 0 unspecified atom stereocenters. The maximum atomic E-state index is 12.9. The number of aromatic hydroxyl groups is 1. The van der Waals surface area contributed by atoms with Crippen LogP contribution in [0.2, 0.25) is 0 Å². The molecule has 2 aromatic heterocycles. The number of phenolic OH excluding ortho intramolecular Hbond substituents is 1. The van der Waals surface area contributed by atoms with Crippen molar-refractivity contribution in [1.29, 1.82) is 0 Å². The third-order valence-corrected chi connectivity index (χ3v) is 5.69. The van der Waals surface area contributed by atoms with Crippen molar-refractivity contribution in [2.24, 2.45) is 0 Å². The lowest BCUT2D eigenvalue weighted by Crippen LogP contribution is -2.30. The van der Waals surface area contributed by atoms with Crippen LogP contribution in [0.1, 0.15) is 40.4 Å². The average molecular weight is 454 g/mol. The van der Waals surface area contributed by atoms with Crippen molar-refractivity contribution in [3.8, 4) is 17.0 Å². The highest BCUT2D eigenvalue weighted by Gasteiger charge is 2.30. The molecule has 0 spiro atoms. The highest BCUT2D eigenvalue weighted by Crippen LogP contribution is 2.42. The summed E-state index contributed by atoms with van der Waals surface area (Å²) in [6.45, 7) is 0.399. The normalized spacial score (nSPS) is 12.8. The van der Waals surface area contributed by atoms with Crippen LogP contribution in [0.3, 0.4) is 0 Å². The highest BCUT2D eigenvalue weighted by atomic mass is 16.3. The number of nitrogens with one attached hydrogen (secondary N) is 2. The Morgan fingerprint density at radius 3 is 2.47 bits per heavy atom. The zero-order chi connectivity index (χ0) is 23.5. The smallest absolute Gasteiger partial charge is 0.342 e. The van der Waals surface area contributed by atoms with Crippen LogP contribution in [0.15, 0.2) is 79.1 Å². The molecule has 8 heteroatoms. The molecule has 170 valence electrons. The molecule has 2 heterocycles. The van der Waals surface area contributed by atoms with E-state index in [-0.39, 0.29) is 23.6 Å². The topological polar surface area (TPSA) is 109 Å². The monoisotopic (exact) mass is 453 g/mol. The van der Waals surface area contributed by atoms with Gasteiger partial charge in [-0.05, 0) is 48.7 Å². The number of benzene rings is 2. The molecule has 2 amide bonds. The Labute approximate surface area is 196 Å². The van der Waals surface area contributed by atoms with Crippen molar-refractivity contribution >= 4 is 17.6 Å². The van der Waals surface area contributed by atoms with Crippen molar-refractivity contribution < 1.29 is 14.7 Å². The molecule has 1 aliphatic rings. The number of anilines is 1. The molecule has 0 bridgehead atoms. The van der Waals surface area contributed by atoms with Crippen molar-refractivity contribution in [3.63, 3.8) is 0 Å². The van der Waals surface area contributed by atoms with Gasteiger partial charge < -0.3 is 15.7 Å². The van der Waals surface area contributed by atoms with Crippen LogP contribution in [0.4, 0.5) is 10.5 Å². The van der Waals surface area contributed by atoms with Crippen molar-refractivity contribution in [2.45, 2.75) is 25.3 Å². The Bertz CT molecular complexity index is 1330. The van der Waals surface area contributed by atoms with Gasteiger partial charge in [0.2, 0.25) is 0 Å². The first-order valence-corrected chi connectivity index (χ1v) is 11.1. The molecule has 34 heavy (non-hydrogen) atoms. The zero-order valence-corrected chi connectivity index (χ0v) is 18.3. The fourth-order valence-electron chi connectivity index (χ4n) is 3.74. The summed E-state index contributed by atoms with van der Waals surface area (Å²) in [5.41, 5.74) is 3.73. The molecule has 2 aromatic carbocycles. The first-order valence-electron chi connectivity index (χ1n) is 11.1. The van der Waals surface area contributed by atoms with Gasteiger partial charge in [-0.2, -0.15) is 9.78 Å². The minimum Gasteiger partial charge on any atom is -0.507 e. The van der Waals surface area contributed by atoms with E-state index in [0.717, 1.165) is 24.1 Å². The molecule has 4 aromatic rings. The molecule has 0 atom stereocenters. The number of hydrogen-bond donors (Lipinski definition) is 3. The predicted octanol–water partition coefficient (Wildman–Crippen LogP) is 4.54. The van der Waals surface area contributed by atoms with Gasteiger partial charge in [-0.15, -0.1) is 0 Å². The van der Waals surface area contributed by atoms with Crippen molar-refractivity contribution in [2.75, 3.05) is 5.32 Å². The van der Waals surface area contributed by atoms with Gasteiger partial charge in [0, 0.05) is 47.7 Å². The number of phenols is 1. The number of carbonyl (C=O) groups is 2. The van der Waals surface area contributed by atoms with Gasteiger partial charge in [-0.1, -0.05) is 30.3 Å². The van der Waals surface area contributed by atoms with E-state index in [1.165, 1.54) is 10.7 Å². The Kier molecular flexibility index (Phi) is 5.78. The molecule has 8 nitrogen and oxygen atoms in total. The Balaban J connectivity index is 1.35. The molecule has 1 fully saturated rings.